The fourth-order valence-corrected chi connectivity index (χ4v) is 3.03. The summed E-state index contributed by atoms with van der Waals surface area (Å²) < 4.78 is 5.30. The van der Waals surface area contributed by atoms with E-state index in [0.29, 0.717) is 11.1 Å². The minimum Gasteiger partial charge on any atom is -0.460 e. The number of nitrogens with zero attached hydrogens (tertiary/aromatic N) is 1. The predicted molar refractivity (Wildman–Crippen MR) is 99.8 cm³/mol. The van der Waals surface area contributed by atoms with Crippen LogP contribution in [0.2, 0.25) is 0 Å². The number of rotatable bonds is 6. The SMILES string of the molecule is CC(C)(CN1C(=O)c2ccccc2C1=O)C(N)C(=O)OCc1ccccc1. The number of imide groups is 1. The van der Waals surface area contributed by atoms with Gasteiger partial charge in [-0.05, 0) is 17.7 Å². The molecule has 0 aliphatic carbocycles. The Morgan fingerprint density at radius 2 is 1.52 bits per heavy atom. The number of carbonyl (C=O) groups excluding carboxylic acids is 3. The standard InChI is InChI=1S/C21H22N2O4/c1-21(2,17(22)20(26)27-12-14-8-4-3-5-9-14)13-23-18(24)15-10-6-7-11-16(15)19(23)25/h3-11,17H,12-13,22H2,1-2H3. The van der Waals surface area contributed by atoms with E-state index in [4.69, 9.17) is 10.5 Å². The normalized spacial score (nSPS) is 14.9. The first-order chi connectivity index (χ1) is 12.8. The molecule has 2 aromatic carbocycles. The first-order valence-electron chi connectivity index (χ1n) is 8.72. The summed E-state index contributed by atoms with van der Waals surface area (Å²) in [5.74, 6) is -1.30. The molecule has 0 radical (unpaired) electrons. The maximum Gasteiger partial charge on any atom is 0.323 e. The lowest BCUT2D eigenvalue weighted by Crippen LogP contribution is -2.51. The Hall–Kier alpha value is -2.99. The number of carbonyl (C=O) groups is 3. The Bertz CT molecular complexity index is 842. The Morgan fingerprint density at radius 1 is 1.00 bits per heavy atom. The van der Waals surface area contributed by atoms with E-state index < -0.39 is 17.4 Å². The van der Waals surface area contributed by atoms with E-state index in [1.54, 1.807) is 38.1 Å². The van der Waals surface area contributed by atoms with Gasteiger partial charge in [0, 0.05) is 12.0 Å². The van der Waals surface area contributed by atoms with Crippen molar-refractivity contribution >= 4 is 17.8 Å². The summed E-state index contributed by atoms with van der Waals surface area (Å²) in [6.07, 6.45) is 0. The molecule has 3 rings (SSSR count). The fourth-order valence-electron chi connectivity index (χ4n) is 3.03. The van der Waals surface area contributed by atoms with Gasteiger partial charge in [-0.2, -0.15) is 0 Å². The third-order valence-corrected chi connectivity index (χ3v) is 4.76. The zero-order valence-corrected chi connectivity index (χ0v) is 15.3. The molecule has 1 heterocycles. The Labute approximate surface area is 157 Å². The van der Waals surface area contributed by atoms with Crippen LogP contribution in [0.3, 0.4) is 0 Å². The lowest BCUT2D eigenvalue weighted by molar-refractivity contribution is -0.149. The van der Waals surface area contributed by atoms with Crippen LogP contribution in [0.25, 0.3) is 0 Å². The molecule has 0 bridgehead atoms. The minimum atomic E-state index is -0.981. The van der Waals surface area contributed by atoms with Crippen molar-refractivity contribution in [2.24, 2.45) is 11.1 Å². The molecular formula is C21H22N2O4. The minimum absolute atomic E-state index is 0.0287. The number of hydrogen-bond donors (Lipinski definition) is 1. The van der Waals surface area contributed by atoms with E-state index in [1.165, 1.54) is 0 Å². The van der Waals surface area contributed by atoms with E-state index in [0.717, 1.165) is 10.5 Å². The van der Waals surface area contributed by atoms with Crippen LogP contribution in [0.4, 0.5) is 0 Å². The molecule has 140 valence electrons. The molecule has 0 saturated heterocycles. The summed E-state index contributed by atoms with van der Waals surface area (Å²) in [5.41, 5.74) is 6.87. The second-order valence-electron chi connectivity index (χ2n) is 7.30. The zero-order valence-electron chi connectivity index (χ0n) is 15.3. The molecule has 6 heteroatoms. The number of amides is 2. The topological polar surface area (TPSA) is 89.7 Å². The molecular weight excluding hydrogens is 344 g/mol. The van der Waals surface area contributed by atoms with Crippen molar-refractivity contribution in [3.05, 3.63) is 71.3 Å². The van der Waals surface area contributed by atoms with Gasteiger partial charge in [0.1, 0.15) is 12.6 Å². The molecule has 27 heavy (non-hydrogen) atoms. The van der Waals surface area contributed by atoms with Gasteiger partial charge in [0.2, 0.25) is 0 Å². The van der Waals surface area contributed by atoms with Crippen molar-refractivity contribution in [1.82, 2.24) is 4.90 Å². The fraction of sp³-hybridized carbons (Fsp3) is 0.286. The quantitative estimate of drug-likeness (QED) is 0.626. The summed E-state index contributed by atoms with van der Waals surface area (Å²) in [4.78, 5) is 38.6. The predicted octanol–water partition coefficient (Wildman–Crippen LogP) is 2.38. The number of ether oxygens (including phenoxy) is 1. The lowest BCUT2D eigenvalue weighted by Gasteiger charge is -2.33. The van der Waals surface area contributed by atoms with Gasteiger partial charge in [-0.3, -0.25) is 19.3 Å². The highest BCUT2D eigenvalue weighted by Crippen LogP contribution is 2.29. The van der Waals surface area contributed by atoms with Crippen LogP contribution >= 0.6 is 0 Å². The van der Waals surface area contributed by atoms with Gasteiger partial charge in [-0.25, -0.2) is 0 Å². The number of nitrogens with two attached hydrogens (primary N) is 1. The number of esters is 1. The highest BCUT2D eigenvalue weighted by Gasteiger charge is 2.42. The van der Waals surface area contributed by atoms with Gasteiger partial charge in [0.05, 0.1) is 11.1 Å². The Morgan fingerprint density at radius 3 is 2.07 bits per heavy atom. The second kappa shape index (κ2) is 7.32. The van der Waals surface area contributed by atoms with Crippen molar-refractivity contribution in [2.75, 3.05) is 6.54 Å². The highest BCUT2D eigenvalue weighted by molar-refractivity contribution is 6.21. The van der Waals surface area contributed by atoms with Crippen LogP contribution in [0.1, 0.15) is 40.1 Å². The largest absolute Gasteiger partial charge is 0.460 e. The van der Waals surface area contributed by atoms with Crippen molar-refractivity contribution in [1.29, 1.82) is 0 Å². The van der Waals surface area contributed by atoms with Gasteiger partial charge < -0.3 is 10.5 Å². The first-order valence-corrected chi connectivity index (χ1v) is 8.72. The molecule has 2 amide bonds. The second-order valence-corrected chi connectivity index (χ2v) is 7.30. The van der Waals surface area contributed by atoms with Gasteiger partial charge in [0.25, 0.3) is 11.8 Å². The maximum atomic E-state index is 12.5. The van der Waals surface area contributed by atoms with Crippen LogP contribution < -0.4 is 5.73 Å². The highest BCUT2D eigenvalue weighted by atomic mass is 16.5. The first kappa shape index (κ1) is 18.8. The van der Waals surface area contributed by atoms with Gasteiger partial charge in [0.15, 0.2) is 0 Å². The molecule has 0 fully saturated rings. The third-order valence-electron chi connectivity index (χ3n) is 4.76. The van der Waals surface area contributed by atoms with Crippen LogP contribution in [-0.4, -0.2) is 35.3 Å². The summed E-state index contributed by atoms with van der Waals surface area (Å²) in [6, 6.07) is 15.0. The average molecular weight is 366 g/mol. The molecule has 2 N–H and O–H groups in total. The lowest BCUT2D eigenvalue weighted by atomic mass is 9.84. The van der Waals surface area contributed by atoms with E-state index in [1.807, 2.05) is 30.3 Å². The summed E-state index contributed by atoms with van der Waals surface area (Å²) >= 11 is 0. The van der Waals surface area contributed by atoms with Gasteiger partial charge >= 0.3 is 5.97 Å². The Balaban J connectivity index is 1.66. The number of hydrogen-bond acceptors (Lipinski definition) is 5. The maximum absolute atomic E-state index is 12.5. The summed E-state index contributed by atoms with van der Waals surface area (Å²) in [6.45, 7) is 3.63. The van der Waals surface area contributed by atoms with Crippen LogP contribution in [0.5, 0.6) is 0 Å². The smallest absolute Gasteiger partial charge is 0.323 e. The van der Waals surface area contributed by atoms with Crippen molar-refractivity contribution in [3.63, 3.8) is 0 Å². The van der Waals surface area contributed by atoms with Crippen molar-refractivity contribution in [3.8, 4) is 0 Å². The molecule has 1 aliphatic heterocycles. The molecule has 1 aliphatic rings. The van der Waals surface area contributed by atoms with Crippen LogP contribution in [-0.2, 0) is 16.1 Å². The average Bonchev–Trinajstić information content (AvgIpc) is 2.91. The Kier molecular flexibility index (Phi) is 5.10. The molecule has 0 aromatic heterocycles. The van der Waals surface area contributed by atoms with E-state index in [9.17, 15) is 14.4 Å². The number of benzene rings is 2. The van der Waals surface area contributed by atoms with E-state index in [2.05, 4.69) is 0 Å². The van der Waals surface area contributed by atoms with E-state index >= 15 is 0 Å². The van der Waals surface area contributed by atoms with Gasteiger partial charge in [-0.1, -0.05) is 56.3 Å². The third kappa shape index (κ3) is 3.75. The monoisotopic (exact) mass is 366 g/mol. The molecule has 2 aromatic rings. The molecule has 6 nitrogen and oxygen atoms in total. The molecule has 1 unspecified atom stereocenters. The van der Waals surface area contributed by atoms with Crippen molar-refractivity contribution < 1.29 is 19.1 Å². The molecule has 1 atom stereocenters. The number of fused-ring (bicyclic) bond motifs is 1. The molecule has 0 spiro atoms. The van der Waals surface area contributed by atoms with Crippen molar-refractivity contribution in [2.45, 2.75) is 26.5 Å². The zero-order chi connectivity index (χ0) is 19.6. The van der Waals surface area contributed by atoms with Crippen LogP contribution in [0.15, 0.2) is 54.6 Å². The van der Waals surface area contributed by atoms with Gasteiger partial charge in [-0.15, -0.1) is 0 Å². The summed E-state index contributed by atoms with van der Waals surface area (Å²) in [7, 11) is 0. The van der Waals surface area contributed by atoms with Crippen LogP contribution in [0, 0.1) is 5.41 Å². The van der Waals surface area contributed by atoms with E-state index in [-0.39, 0.29) is 25.0 Å². The molecule has 0 saturated carbocycles. The summed E-state index contributed by atoms with van der Waals surface area (Å²) in [5, 5.41) is 0.